The first-order valence-electron chi connectivity index (χ1n) is 6.98. The molecule has 1 aliphatic rings. The van der Waals surface area contributed by atoms with Crippen molar-refractivity contribution in [3.05, 3.63) is 35.4 Å². The standard InChI is InChI=1S/C15H23NO4/c1-10-4-2-3-5-11(10)6-7-16-8-13(18)15(20)14(19)12(16)9-17/h2-5,12-15,17-20H,6-9H2,1H3/t12-,13+,14-,15-/m1/s1. The Bertz CT molecular complexity index is 440. The molecule has 1 aromatic carbocycles. The molecule has 0 aromatic heterocycles. The van der Waals surface area contributed by atoms with Crippen LogP contribution in [0, 0.1) is 6.92 Å². The molecule has 1 heterocycles. The zero-order valence-corrected chi connectivity index (χ0v) is 11.7. The van der Waals surface area contributed by atoms with Gasteiger partial charge in [-0.2, -0.15) is 0 Å². The lowest BCUT2D eigenvalue weighted by Crippen LogP contribution is -2.62. The van der Waals surface area contributed by atoms with E-state index in [2.05, 4.69) is 6.07 Å². The molecule has 0 spiro atoms. The van der Waals surface area contributed by atoms with Crippen LogP contribution in [0.2, 0.25) is 0 Å². The molecule has 2 rings (SSSR count). The third-order valence-electron chi connectivity index (χ3n) is 4.15. The van der Waals surface area contributed by atoms with Crippen LogP contribution in [0.1, 0.15) is 11.1 Å². The highest BCUT2D eigenvalue weighted by Crippen LogP contribution is 2.19. The van der Waals surface area contributed by atoms with Crippen LogP contribution in [-0.2, 0) is 6.42 Å². The SMILES string of the molecule is Cc1ccccc1CCN1C[C@H](O)[C@@H](O)[C@H](O)[C@H]1CO. The zero-order valence-electron chi connectivity index (χ0n) is 11.7. The van der Waals surface area contributed by atoms with E-state index in [0.717, 1.165) is 6.42 Å². The quantitative estimate of drug-likeness (QED) is 0.586. The minimum atomic E-state index is -1.19. The summed E-state index contributed by atoms with van der Waals surface area (Å²) in [6.45, 7) is 2.69. The van der Waals surface area contributed by atoms with Crippen LogP contribution in [-0.4, -0.2) is 69.4 Å². The van der Waals surface area contributed by atoms with Crippen molar-refractivity contribution in [2.75, 3.05) is 19.7 Å². The van der Waals surface area contributed by atoms with E-state index in [1.165, 1.54) is 11.1 Å². The maximum atomic E-state index is 9.92. The predicted octanol–water partition coefficient (Wildman–Crippen LogP) is -0.703. The summed E-state index contributed by atoms with van der Waals surface area (Å²) in [6, 6.07) is 7.53. The van der Waals surface area contributed by atoms with Gasteiger partial charge in [-0.25, -0.2) is 0 Å². The third kappa shape index (κ3) is 3.19. The smallest absolute Gasteiger partial charge is 0.109 e. The lowest BCUT2D eigenvalue weighted by Gasteiger charge is -2.43. The number of benzene rings is 1. The normalized spacial score (nSPS) is 31.4. The van der Waals surface area contributed by atoms with Crippen LogP contribution in [0.3, 0.4) is 0 Å². The van der Waals surface area contributed by atoms with Gasteiger partial charge in [-0.3, -0.25) is 4.90 Å². The highest BCUT2D eigenvalue weighted by Gasteiger charge is 2.40. The summed E-state index contributed by atoms with van der Waals surface area (Å²) in [4.78, 5) is 1.84. The van der Waals surface area contributed by atoms with Crippen molar-refractivity contribution in [1.29, 1.82) is 0 Å². The molecule has 5 heteroatoms. The molecular formula is C15H23NO4. The highest BCUT2D eigenvalue weighted by molar-refractivity contribution is 5.25. The number of likely N-dealkylation sites (tertiary alicyclic amines) is 1. The first-order chi connectivity index (χ1) is 9.54. The fraction of sp³-hybridized carbons (Fsp3) is 0.600. The molecule has 4 atom stereocenters. The van der Waals surface area contributed by atoms with Gasteiger partial charge in [-0.15, -0.1) is 0 Å². The number of hydrogen-bond acceptors (Lipinski definition) is 5. The molecule has 1 aromatic rings. The Kier molecular flexibility index (Phi) is 5.12. The van der Waals surface area contributed by atoms with Crippen molar-refractivity contribution in [3.8, 4) is 0 Å². The maximum absolute atomic E-state index is 9.92. The van der Waals surface area contributed by atoms with Crippen molar-refractivity contribution in [2.24, 2.45) is 0 Å². The van der Waals surface area contributed by atoms with E-state index < -0.39 is 24.4 Å². The lowest BCUT2D eigenvalue weighted by atomic mass is 9.93. The van der Waals surface area contributed by atoms with E-state index in [1.807, 2.05) is 30.0 Å². The van der Waals surface area contributed by atoms with Crippen LogP contribution >= 0.6 is 0 Å². The topological polar surface area (TPSA) is 84.2 Å². The number of aliphatic hydroxyl groups is 4. The Morgan fingerprint density at radius 1 is 1.15 bits per heavy atom. The van der Waals surface area contributed by atoms with E-state index in [1.54, 1.807) is 0 Å². The van der Waals surface area contributed by atoms with Crippen LogP contribution in [0.4, 0.5) is 0 Å². The van der Waals surface area contributed by atoms with Crippen molar-refractivity contribution in [3.63, 3.8) is 0 Å². The Hall–Kier alpha value is -0.980. The molecule has 1 saturated heterocycles. The predicted molar refractivity (Wildman–Crippen MR) is 75.4 cm³/mol. The van der Waals surface area contributed by atoms with Gasteiger partial charge < -0.3 is 20.4 Å². The average molecular weight is 281 g/mol. The monoisotopic (exact) mass is 281 g/mol. The molecule has 0 aliphatic carbocycles. The van der Waals surface area contributed by atoms with Gasteiger partial charge in [-0.05, 0) is 24.5 Å². The Labute approximate surface area is 119 Å². The summed E-state index contributed by atoms with van der Waals surface area (Å²) in [7, 11) is 0. The summed E-state index contributed by atoms with van der Waals surface area (Å²) in [5.41, 5.74) is 2.41. The summed E-state index contributed by atoms with van der Waals surface area (Å²) < 4.78 is 0. The van der Waals surface area contributed by atoms with E-state index in [0.29, 0.717) is 6.54 Å². The zero-order chi connectivity index (χ0) is 14.7. The molecule has 5 nitrogen and oxygen atoms in total. The molecule has 0 saturated carbocycles. The van der Waals surface area contributed by atoms with Gasteiger partial charge >= 0.3 is 0 Å². The molecule has 0 amide bonds. The third-order valence-corrected chi connectivity index (χ3v) is 4.15. The van der Waals surface area contributed by atoms with Gasteiger partial charge in [0.1, 0.15) is 12.2 Å². The van der Waals surface area contributed by atoms with E-state index in [9.17, 15) is 20.4 Å². The van der Waals surface area contributed by atoms with Crippen molar-refractivity contribution >= 4 is 0 Å². The molecule has 1 aliphatic heterocycles. The number of aliphatic hydroxyl groups excluding tert-OH is 4. The molecular weight excluding hydrogens is 258 g/mol. The second-order valence-corrected chi connectivity index (χ2v) is 5.47. The van der Waals surface area contributed by atoms with Gasteiger partial charge in [0.25, 0.3) is 0 Å². The number of nitrogens with zero attached hydrogens (tertiary/aromatic N) is 1. The number of piperidine rings is 1. The van der Waals surface area contributed by atoms with Gasteiger partial charge in [0.15, 0.2) is 0 Å². The number of hydrogen-bond donors (Lipinski definition) is 4. The molecule has 20 heavy (non-hydrogen) atoms. The van der Waals surface area contributed by atoms with Crippen molar-refractivity contribution < 1.29 is 20.4 Å². The molecule has 0 unspecified atom stereocenters. The number of aryl methyl sites for hydroxylation is 1. The van der Waals surface area contributed by atoms with E-state index in [-0.39, 0.29) is 13.2 Å². The fourth-order valence-corrected chi connectivity index (χ4v) is 2.79. The van der Waals surface area contributed by atoms with Crippen molar-refractivity contribution in [2.45, 2.75) is 37.7 Å². The van der Waals surface area contributed by atoms with Gasteiger partial charge in [-0.1, -0.05) is 24.3 Å². The minimum absolute atomic E-state index is 0.237. The van der Waals surface area contributed by atoms with Crippen LogP contribution in [0.25, 0.3) is 0 Å². The largest absolute Gasteiger partial charge is 0.395 e. The maximum Gasteiger partial charge on any atom is 0.109 e. The number of β-amino-alcohol motifs (C(OH)–C–C–N with tert-alkyl or cyclic N) is 1. The van der Waals surface area contributed by atoms with Crippen LogP contribution in [0.5, 0.6) is 0 Å². The average Bonchev–Trinajstić information content (AvgIpc) is 2.44. The van der Waals surface area contributed by atoms with Crippen LogP contribution < -0.4 is 0 Å². The van der Waals surface area contributed by atoms with Gasteiger partial charge in [0, 0.05) is 13.1 Å². The molecule has 0 radical (unpaired) electrons. The first-order valence-corrected chi connectivity index (χ1v) is 6.98. The van der Waals surface area contributed by atoms with E-state index >= 15 is 0 Å². The van der Waals surface area contributed by atoms with Crippen molar-refractivity contribution in [1.82, 2.24) is 4.90 Å². The van der Waals surface area contributed by atoms with Crippen LogP contribution in [0.15, 0.2) is 24.3 Å². The molecule has 4 N–H and O–H groups in total. The summed E-state index contributed by atoms with van der Waals surface area (Å²) in [6.07, 6.45) is -2.52. The first kappa shape index (κ1) is 15.4. The summed E-state index contributed by atoms with van der Waals surface area (Å²) in [5, 5.41) is 38.7. The molecule has 1 fully saturated rings. The Morgan fingerprint density at radius 2 is 1.85 bits per heavy atom. The van der Waals surface area contributed by atoms with Gasteiger partial charge in [0.2, 0.25) is 0 Å². The van der Waals surface area contributed by atoms with Gasteiger partial charge in [0.05, 0.1) is 18.8 Å². The fourth-order valence-electron chi connectivity index (χ4n) is 2.79. The molecule has 112 valence electrons. The summed E-state index contributed by atoms with van der Waals surface area (Å²) in [5.74, 6) is 0. The number of rotatable bonds is 4. The second kappa shape index (κ2) is 6.65. The summed E-state index contributed by atoms with van der Waals surface area (Å²) >= 11 is 0. The van der Waals surface area contributed by atoms with E-state index in [4.69, 9.17) is 0 Å². The minimum Gasteiger partial charge on any atom is -0.395 e. The Morgan fingerprint density at radius 3 is 2.50 bits per heavy atom. The lowest BCUT2D eigenvalue weighted by molar-refractivity contribution is -0.144. The highest BCUT2D eigenvalue weighted by atomic mass is 16.4. The molecule has 0 bridgehead atoms. The Balaban J connectivity index is 2.02. The second-order valence-electron chi connectivity index (χ2n) is 5.47.